The summed E-state index contributed by atoms with van der Waals surface area (Å²) in [5, 5.41) is 14.4. The Morgan fingerprint density at radius 1 is 1.25 bits per heavy atom. The Balaban J connectivity index is 2.13. The second-order valence-corrected chi connectivity index (χ2v) is 6.71. The predicted molar refractivity (Wildman–Crippen MR) is 107 cm³/mol. The molecule has 0 saturated carbocycles. The Hall–Kier alpha value is -3.13. The zero-order chi connectivity index (χ0) is 21.0. The molecule has 1 amide bonds. The Kier molecular flexibility index (Phi) is 6.58. The monoisotopic (exact) mass is 405 g/mol. The number of anilines is 2. The first kappa shape index (κ1) is 21.2. The van der Waals surface area contributed by atoms with Gasteiger partial charge in [-0.05, 0) is 43.7 Å². The van der Waals surface area contributed by atoms with E-state index in [9.17, 15) is 19.7 Å². The lowest BCUT2D eigenvalue weighted by Crippen LogP contribution is -2.30. The van der Waals surface area contributed by atoms with E-state index < -0.39 is 22.9 Å². The van der Waals surface area contributed by atoms with Gasteiger partial charge in [-0.3, -0.25) is 14.9 Å². The molecule has 0 aliphatic heterocycles. The second-order valence-electron chi connectivity index (χ2n) is 6.30. The molecule has 0 heterocycles. The quantitative estimate of drug-likeness (QED) is 0.445. The number of nitrogens with one attached hydrogen (secondary N) is 1. The molecule has 2 rings (SSSR count). The number of rotatable bonds is 6. The van der Waals surface area contributed by atoms with Gasteiger partial charge in [0.2, 0.25) is 0 Å². The molecule has 0 radical (unpaired) electrons. The van der Waals surface area contributed by atoms with Crippen molar-refractivity contribution in [1.29, 1.82) is 0 Å². The molecule has 0 bridgehead atoms. The lowest BCUT2D eigenvalue weighted by Gasteiger charge is -2.16. The zero-order valence-electron chi connectivity index (χ0n) is 15.9. The summed E-state index contributed by atoms with van der Waals surface area (Å²) in [5.41, 5.74) is 1.29. The summed E-state index contributed by atoms with van der Waals surface area (Å²) >= 11 is 6.02. The van der Waals surface area contributed by atoms with Crippen molar-refractivity contribution in [3.8, 4) is 0 Å². The summed E-state index contributed by atoms with van der Waals surface area (Å²) in [4.78, 5) is 36.9. The minimum atomic E-state index is -1.11. The van der Waals surface area contributed by atoms with Crippen LogP contribution in [0.15, 0.2) is 36.4 Å². The number of ether oxygens (including phenoxy) is 1. The van der Waals surface area contributed by atoms with Gasteiger partial charge in [0, 0.05) is 30.9 Å². The maximum absolute atomic E-state index is 12.3. The van der Waals surface area contributed by atoms with Crippen LogP contribution in [0.4, 0.5) is 17.1 Å². The normalized spacial score (nSPS) is 11.5. The fourth-order valence-electron chi connectivity index (χ4n) is 2.43. The van der Waals surface area contributed by atoms with Gasteiger partial charge in [0.1, 0.15) is 5.69 Å². The number of carbonyl (C=O) groups excluding carboxylic acids is 2. The Morgan fingerprint density at radius 2 is 1.93 bits per heavy atom. The van der Waals surface area contributed by atoms with Crippen molar-refractivity contribution >= 4 is 40.5 Å². The summed E-state index contributed by atoms with van der Waals surface area (Å²) in [6.07, 6.45) is -1.11. The molecule has 2 aromatic carbocycles. The number of nitro benzene ring substituents is 1. The summed E-state index contributed by atoms with van der Waals surface area (Å²) in [5.74, 6) is -1.38. The Morgan fingerprint density at radius 3 is 2.54 bits per heavy atom. The molecule has 9 heteroatoms. The van der Waals surface area contributed by atoms with Crippen LogP contribution >= 0.6 is 11.6 Å². The molecule has 0 aliphatic rings. The van der Waals surface area contributed by atoms with E-state index in [0.717, 1.165) is 6.07 Å². The molecule has 0 aromatic heterocycles. The van der Waals surface area contributed by atoms with Gasteiger partial charge in [0.15, 0.2) is 6.10 Å². The average molecular weight is 406 g/mol. The first-order chi connectivity index (χ1) is 13.1. The molecule has 0 spiro atoms. The highest BCUT2D eigenvalue weighted by Gasteiger charge is 2.23. The summed E-state index contributed by atoms with van der Waals surface area (Å²) < 4.78 is 5.16. The van der Waals surface area contributed by atoms with Crippen molar-refractivity contribution in [2.45, 2.75) is 20.0 Å². The Labute approximate surface area is 167 Å². The van der Waals surface area contributed by atoms with Crippen molar-refractivity contribution in [3.05, 3.63) is 62.7 Å². The van der Waals surface area contributed by atoms with Crippen LogP contribution in [0.5, 0.6) is 0 Å². The zero-order valence-corrected chi connectivity index (χ0v) is 16.6. The Bertz CT molecular complexity index is 930. The van der Waals surface area contributed by atoms with Crippen LogP contribution in [0.3, 0.4) is 0 Å². The maximum Gasteiger partial charge on any atom is 0.339 e. The van der Waals surface area contributed by atoms with Crippen molar-refractivity contribution in [2.75, 3.05) is 24.3 Å². The number of esters is 1. The van der Waals surface area contributed by atoms with Crippen LogP contribution in [0.2, 0.25) is 5.02 Å². The molecular formula is C19H20ClN3O5. The maximum atomic E-state index is 12.3. The minimum absolute atomic E-state index is 0.0177. The van der Waals surface area contributed by atoms with Crippen LogP contribution in [0.1, 0.15) is 22.8 Å². The van der Waals surface area contributed by atoms with Gasteiger partial charge in [-0.25, -0.2) is 4.79 Å². The number of nitrogens with zero attached hydrogens (tertiary/aromatic N) is 2. The highest BCUT2D eigenvalue weighted by atomic mass is 35.5. The molecule has 2 aromatic rings. The number of amides is 1. The van der Waals surface area contributed by atoms with Crippen LogP contribution in [-0.4, -0.2) is 37.0 Å². The van der Waals surface area contributed by atoms with E-state index in [1.54, 1.807) is 44.1 Å². The van der Waals surface area contributed by atoms with Crippen molar-refractivity contribution in [3.63, 3.8) is 0 Å². The van der Waals surface area contributed by atoms with Crippen LogP contribution in [-0.2, 0) is 9.53 Å². The fraction of sp³-hybridized carbons (Fsp3) is 0.263. The van der Waals surface area contributed by atoms with E-state index >= 15 is 0 Å². The lowest BCUT2D eigenvalue weighted by molar-refractivity contribution is -0.384. The number of nitro groups is 1. The van der Waals surface area contributed by atoms with E-state index in [1.807, 2.05) is 0 Å². The molecule has 0 fully saturated rings. The van der Waals surface area contributed by atoms with Crippen molar-refractivity contribution in [1.82, 2.24) is 0 Å². The molecule has 148 valence electrons. The first-order valence-corrected chi connectivity index (χ1v) is 8.72. The highest BCUT2D eigenvalue weighted by Crippen LogP contribution is 2.28. The molecule has 0 aliphatic carbocycles. The van der Waals surface area contributed by atoms with Gasteiger partial charge in [-0.2, -0.15) is 0 Å². The molecule has 8 nitrogen and oxygen atoms in total. The largest absolute Gasteiger partial charge is 0.449 e. The second kappa shape index (κ2) is 8.71. The standard InChI is InChI=1S/C19H20ClN3O5/c1-11-14(20)6-5-7-15(11)21-18(24)12(2)28-19(25)13-8-9-16(22(3)4)17(10-13)23(26)27/h5-10,12H,1-4H3,(H,21,24)/t12-/m1/s1. The van der Waals surface area contributed by atoms with E-state index in [-0.39, 0.29) is 11.3 Å². The average Bonchev–Trinajstić information content (AvgIpc) is 2.64. The van der Waals surface area contributed by atoms with Gasteiger partial charge in [0.05, 0.1) is 10.5 Å². The topological polar surface area (TPSA) is 102 Å². The first-order valence-electron chi connectivity index (χ1n) is 8.34. The van der Waals surface area contributed by atoms with Gasteiger partial charge in [0.25, 0.3) is 11.6 Å². The highest BCUT2D eigenvalue weighted by molar-refractivity contribution is 6.31. The van der Waals surface area contributed by atoms with Crippen LogP contribution in [0.25, 0.3) is 0 Å². The molecule has 0 unspecified atom stereocenters. The SMILES string of the molecule is Cc1c(Cl)cccc1NC(=O)[C@@H](C)OC(=O)c1ccc(N(C)C)c([N+](=O)[O-])c1. The number of carbonyl (C=O) groups is 2. The third kappa shape index (κ3) is 4.77. The van der Waals surface area contributed by atoms with Crippen molar-refractivity contribution < 1.29 is 19.2 Å². The number of halogens is 1. The van der Waals surface area contributed by atoms with Crippen LogP contribution in [0, 0.1) is 17.0 Å². The lowest BCUT2D eigenvalue weighted by atomic mass is 10.1. The van der Waals surface area contributed by atoms with E-state index in [1.165, 1.54) is 19.1 Å². The molecule has 28 heavy (non-hydrogen) atoms. The third-order valence-electron chi connectivity index (χ3n) is 4.07. The number of hydrogen-bond acceptors (Lipinski definition) is 6. The van der Waals surface area contributed by atoms with Gasteiger partial charge < -0.3 is 15.0 Å². The predicted octanol–water partition coefficient (Wildman–Crippen LogP) is 3.81. The summed E-state index contributed by atoms with van der Waals surface area (Å²) in [6, 6.07) is 9.05. The van der Waals surface area contributed by atoms with E-state index in [2.05, 4.69) is 5.32 Å². The summed E-state index contributed by atoms with van der Waals surface area (Å²) in [7, 11) is 3.31. The smallest absolute Gasteiger partial charge is 0.339 e. The van der Waals surface area contributed by atoms with E-state index in [4.69, 9.17) is 16.3 Å². The minimum Gasteiger partial charge on any atom is -0.449 e. The number of hydrogen-bond donors (Lipinski definition) is 1. The van der Waals surface area contributed by atoms with Crippen LogP contribution < -0.4 is 10.2 Å². The molecule has 1 N–H and O–H groups in total. The van der Waals surface area contributed by atoms with E-state index in [0.29, 0.717) is 22.0 Å². The third-order valence-corrected chi connectivity index (χ3v) is 4.48. The fourth-order valence-corrected chi connectivity index (χ4v) is 2.61. The van der Waals surface area contributed by atoms with Gasteiger partial charge in [-0.1, -0.05) is 17.7 Å². The summed E-state index contributed by atoms with van der Waals surface area (Å²) in [6.45, 7) is 3.16. The molecular weight excluding hydrogens is 386 g/mol. The molecule has 0 saturated heterocycles. The molecule has 1 atom stereocenters. The van der Waals surface area contributed by atoms with Gasteiger partial charge >= 0.3 is 5.97 Å². The van der Waals surface area contributed by atoms with Crippen molar-refractivity contribution in [2.24, 2.45) is 0 Å². The number of benzene rings is 2. The van der Waals surface area contributed by atoms with Gasteiger partial charge in [-0.15, -0.1) is 0 Å².